The Kier molecular flexibility index (Phi) is 17.7. The lowest BCUT2D eigenvalue weighted by Gasteiger charge is -2.33. The molecule has 0 aliphatic rings. The van der Waals surface area contributed by atoms with E-state index >= 15 is 0 Å². The summed E-state index contributed by atoms with van der Waals surface area (Å²) in [5.74, 6) is 0.352. The number of rotatable bonds is 15. The van der Waals surface area contributed by atoms with Gasteiger partial charge in [0.15, 0.2) is 0 Å². The Morgan fingerprint density at radius 1 is 0.694 bits per heavy atom. The maximum Gasteiger partial charge on any atom is 0.0463 e. The maximum atomic E-state index is 9.25. The van der Waals surface area contributed by atoms with Crippen LogP contribution in [0.25, 0.3) is 0 Å². The van der Waals surface area contributed by atoms with E-state index in [1.54, 1.807) is 0 Å². The van der Waals surface area contributed by atoms with E-state index in [0.717, 1.165) is 32.1 Å². The largest absolute Gasteiger partial charge is 0.396 e. The lowest BCUT2D eigenvalue weighted by molar-refractivity contribution is 0.176. The second-order valence-electron chi connectivity index (χ2n) is 15.1. The number of aliphatic hydroxyl groups excluding tert-OH is 4. The molecule has 0 aromatic carbocycles. The van der Waals surface area contributed by atoms with Crippen molar-refractivity contribution >= 4 is 0 Å². The van der Waals surface area contributed by atoms with Gasteiger partial charge in [0.1, 0.15) is 0 Å². The van der Waals surface area contributed by atoms with Crippen LogP contribution < -0.4 is 0 Å². The number of hydrogen-bond donors (Lipinski definition) is 4. The first-order valence-electron chi connectivity index (χ1n) is 14.0. The molecule has 0 saturated heterocycles. The normalized spacial score (nSPS) is 15.2. The first kappa shape index (κ1) is 37.5. The van der Waals surface area contributed by atoms with Gasteiger partial charge >= 0.3 is 0 Å². The standard InChI is InChI=1S/2C16H32O2/c2*1-13(9-14(11-18)7-8-17)10-16(5,6)12-15(2,3)4/h10,14,17-18H,7-9,11-12H2,1-6H3;14,17-18H,1,7-12H2,2-6H3. The highest BCUT2D eigenvalue weighted by Crippen LogP contribution is 2.39. The fourth-order valence-electron chi connectivity index (χ4n) is 6.14. The molecule has 0 rings (SSSR count). The molecular weight excluding hydrogens is 448 g/mol. The van der Waals surface area contributed by atoms with Gasteiger partial charge in [0.2, 0.25) is 0 Å². The molecule has 0 aromatic heterocycles. The third-order valence-electron chi connectivity index (χ3n) is 6.14. The average Bonchev–Trinajstić information content (AvgIpc) is 2.62. The SMILES string of the molecule is C=C(CC(CO)CCO)CC(C)(C)CC(C)(C)C.CC(=CC(C)(C)CC(C)(C)C)CC(CO)CCO. The van der Waals surface area contributed by atoms with Crippen molar-refractivity contribution in [3.63, 3.8) is 0 Å². The van der Waals surface area contributed by atoms with E-state index < -0.39 is 0 Å². The quantitative estimate of drug-likeness (QED) is 0.171. The molecule has 2 atom stereocenters. The number of allylic oxidation sites excluding steroid dienone is 3. The van der Waals surface area contributed by atoms with Crippen LogP contribution in [0.2, 0.25) is 0 Å². The van der Waals surface area contributed by atoms with Gasteiger partial charge < -0.3 is 20.4 Å². The van der Waals surface area contributed by atoms with Gasteiger partial charge in [-0.1, -0.05) is 93.0 Å². The predicted molar refractivity (Wildman–Crippen MR) is 157 cm³/mol. The highest BCUT2D eigenvalue weighted by molar-refractivity contribution is 5.07. The first-order valence-corrected chi connectivity index (χ1v) is 14.0. The van der Waals surface area contributed by atoms with Gasteiger partial charge in [-0.15, -0.1) is 0 Å². The van der Waals surface area contributed by atoms with Crippen molar-refractivity contribution in [1.29, 1.82) is 0 Å². The van der Waals surface area contributed by atoms with Gasteiger partial charge in [0, 0.05) is 26.4 Å². The zero-order valence-corrected chi connectivity index (χ0v) is 26.0. The van der Waals surface area contributed by atoms with Gasteiger partial charge in [-0.3, -0.25) is 0 Å². The van der Waals surface area contributed by atoms with E-state index in [-0.39, 0.29) is 49.1 Å². The Labute approximate surface area is 225 Å². The monoisotopic (exact) mass is 512 g/mol. The third kappa shape index (κ3) is 22.5. The van der Waals surface area contributed by atoms with Crippen LogP contribution in [-0.2, 0) is 0 Å². The Balaban J connectivity index is 0. The van der Waals surface area contributed by atoms with Gasteiger partial charge in [0.25, 0.3) is 0 Å². The summed E-state index contributed by atoms with van der Waals surface area (Å²) in [6.45, 7) is 29.5. The lowest BCUT2D eigenvalue weighted by atomic mass is 9.72. The summed E-state index contributed by atoms with van der Waals surface area (Å²) in [4.78, 5) is 0. The summed E-state index contributed by atoms with van der Waals surface area (Å²) in [5, 5.41) is 36.4. The minimum absolute atomic E-state index is 0.138. The van der Waals surface area contributed by atoms with Gasteiger partial charge in [-0.05, 0) is 85.4 Å². The zero-order chi connectivity index (χ0) is 28.8. The summed E-state index contributed by atoms with van der Waals surface area (Å²) < 4.78 is 0. The Morgan fingerprint density at radius 2 is 1.11 bits per heavy atom. The van der Waals surface area contributed by atoms with E-state index in [1.165, 1.54) is 11.1 Å². The van der Waals surface area contributed by atoms with E-state index in [4.69, 9.17) is 10.2 Å². The van der Waals surface area contributed by atoms with Gasteiger partial charge in [0.05, 0.1) is 0 Å². The molecule has 4 heteroatoms. The van der Waals surface area contributed by atoms with Crippen molar-refractivity contribution in [2.75, 3.05) is 26.4 Å². The lowest BCUT2D eigenvalue weighted by Crippen LogP contribution is -2.22. The summed E-state index contributed by atoms with van der Waals surface area (Å²) in [7, 11) is 0. The first-order chi connectivity index (χ1) is 16.2. The van der Waals surface area contributed by atoms with Crippen molar-refractivity contribution in [2.45, 2.75) is 121 Å². The fourth-order valence-corrected chi connectivity index (χ4v) is 6.14. The summed E-state index contributed by atoms with van der Waals surface area (Å²) >= 11 is 0. The number of aliphatic hydroxyl groups is 4. The molecule has 216 valence electrons. The molecule has 0 amide bonds. The van der Waals surface area contributed by atoms with Crippen LogP contribution in [0.3, 0.4) is 0 Å². The smallest absolute Gasteiger partial charge is 0.0463 e. The Hall–Kier alpha value is -0.680. The molecule has 0 spiro atoms. The van der Waals surface area contributed by atoms with Crippen LogP contribution in [0, 0.1) is 33.5 Å². The minimum atomic E-state index is 0.138. The minimum Gasteiger partial charge on any atom is -0.396 e. The van der Waals surface area contributed by atoms with Gasteiger partial charge in [-0.25, -0.2) is 0 Å². The predicted octanol–water partition coefficient (Wildman–Crippen LogP) is 7.55. The van der Waals surface area contributed by atoms with Crippen molar-refractivity contribution in [1.82, 2.24) is 0 Å². The molecule has 0 aliphatic carbocycles. The average molecular weight is 513 g/mol. The van der Waals surface area contributed by atoms with Crippen molar-refractivity contribution in [2.24, 2.45) is 33.5 Å². The van der Waals surface area contributed by atoms with E-state index in [1.807, 2.05) is 0 Å². The zero-order valence-electron chi connectivity index (χ0n) is 26.0. The maximum absolute atomic E-state index is 9.25. The topological polar surface area (TPSA) is 80.9 Å². The molecule has 4 N–H and O–H groups in total. The summed E-state index contributed by atoms with van der Waals surface area (Å²) in [6, 6.07) is 0. The van der Waals surface area contributed by atoms with Crippen molar-refractivity contribution in [3.05, 3.63) is 23.8 Å². The van der Waals surface area contributed by atoms with E-state index in [9.17, 15) is 10.2 Å². The summed E-state index contributed by atoms with van der Waals surface area (Å²) in [6.07, 6.45) is 8.67. The molecule has 36 heavy (non-hydrogen) atoms. The Bertz CT molecular complexity index is 617. The van der Waals surface area contributed by atoms with Crippen LogP contribution >= 0.6 is 0 Å². The molecule has 0 saturated carbocycles. The van der Waals surface area contributed by atoms with Crippen molar-refractivity contribution in [3.8, 4) is 0 Å². The van der Waals surface area contributed by atoms with Crippen LogP contribution in [0.4, 0.5) is 0 Å². The molecule has 0 aromatic rings. The van der Waals surface area contributed by atoms with E-state index in [2.05, 4.69) is 88.8 Å². The highest BCUT2D eigenvalue weighted by Gasteiger charge is 2.27. The highest BCUT2D eigenvalue weighted by atomic mass is 16.3. The molecule has 0 aliphatic heterocycles. The van der Waals surface area contributed by atoms with Crippen LogP contribution in [0.15, 0.2) is 23.8 Å². The second-order valence-corrected chi connectivity index (χ2v) is 15.1. The van der Waals surface area contributed by atoms with E-state index in [0.29, 0.717) is 23.7 Å². The fraction of sp³-hybridized carbons (Fsp3) is 0.875. The molecule has 0 radical (unpaired) electrons. The molecule has 0 bridgehead atoms. The molecule has 0 heterocycles. The van der Waals surface area contributed by atoms with Crippen molar-refractivity contribution < 1.29 is 20.4 Å². The summed E-state index contributed by atoms with van der Waals surface area (Å²) in [5.41, 5.74) is 3.58. The molecule has 0 fully saturated rings. The van der Waals surface area contributed by atoms with Crippen LogP contribution in [0.1, 0.15) is 121 Å². The Morgan fingerprint density at radius 3 is 1.47 bits per heavy atom. The molecule has 2 unspecified atom stereocenters. The third-order valence-corrected chi connectivity index (χ3v) is 6.14. The molecule has 4 nitrogen and oxygen atoms in total. The van der Waals surface area contributed by atoms with Gasteiger partial charge in [-0.2, -0.15) is 0 Å². The number of hydrogen-bond acceptors (Lipinski definition) is 4. The van der Waals surface area contributed by atoms with Crippen LogP contribution in [0.5, 0.6) is 0 Å². The molecular formula is C32H64O4. The second kappa shape index (κ2) is 17.0. The van der Waals surface area contributed by atoms with Crippen LogP contribution in [-0.4, -0.2) is 46.9 Å².